The van der Waals surface area contributed by atoms with Gasteiger partial charge in [0.1, 0.15) is 0 Å². The minimum absolute atomic E-state index is 0.0240. The van der Waals surface area contributed by atoms with E-state index in [1.807, 2.05) is 14.0 Å². The fourth-order valence-corrected chi connectivity index (χ4v) is 1.62. The van der Waals surface area contributed by atoms with Crippen molar-refractivity contribution in [2.75, 3.05) is 26.7 Å². The molecule has 3 heteroatoms. The van der Waals surface area contributed by atoms with Crippen molar-refractivity contribution in [3.05, 3.63) is 0 Å². The molecule has 0 radical (unpaired) electrons. The Morgan fingerprint density at radius 2 is 1.94 bits per heavy atom. The van der Waals surface area contributed by atoms with E-state index in [1.165, 1.54) is 12.8 Å². The molecule has 0 saturated carbocycles. The van der Waals surface area contributed by atoms with Gasteiger partial charge in [-0.2, -0.15) is 0 Å². The van der Waals surface area contributed by atoms with Crippen molar-refractivity contribution < 1.29 is 9.53 Å². The average molecular weight is 229 g/mol. The summed E-state index contributed by atoms with van der Waals surface area (Å²) in [5, 5.41) is 0. The smallest absolute Gasteiger partial charge is 0.310 e. The third-order valence-electron chi connectivity index (χ3n) is 2.74. The Morgan fingerprint density at radius 1 is 1.31 bits per heavy atom. The van der Waals surface area contributed by atoms with E-state index in [0.717, 1.165) is 25.9 Å². The van der Waals surface area contributed by atoms with Crippen molar-refractivity contribution in [3.63, 3.8) is 0 Å². The number of esters is 1. The van der Waals surface area contributed by atoms with Crippen molar-refractivity contribution in [1.82, 2.24) is 4.90 Å². The lowest BCUT2D eigenvalue weighted by Gasteiger charge is -2.27. The molecule has 1 saturated heterocycles. The first-order chi connectivity index (χ1) is 7.65. The van der Waals surface area contributed by atoms with Gasteiger partial charge in [-0.05, 0) is 33.4 Å². The van der Waals surface area contributed by atoms with Gasteiger partial charge in [0, 0.05) is 6.54 Å². The molecule has 1 heterocycles. The molecule has 1 rings (SSSR count). The maximum absolute atomic E-state index is 11.3. The summed E-state index contributed by atoms with van der Waals surface area (Å²) in [6.45, 7) is 8.68. The normalized spacial score (nSPS) is 20.9. The van der Waals surface area contributed by atoms with Gasteiger partial charge in [0.2, 0.25) is 0 Å². The first-order valence-corrected chi connectivity index (χ1v) is 6.50. The number of ether oxygens (including phenoxy) is 1. The number of unbranched alkanes of at least 4 members (excludes halogenated alkanes) is 1. The molecule has 0 N–H and O–H groups in total. The highest BCUT2D eigenvalue weighted by atomic mass is 16.5. The lowest BCUT2D eigenvalue weighted by Crippen LogP contribution is -2.36. The lowest BCUT2D eigenvalue weighted by atomic mass is 9.99. The van der Waals surface area contributed by atoms with Crippen LogP contribution in [-0.2, 0) is 9.53 Å². The quantitative estimate of drug-likeness (QED) is 0.697. The van der Waals surface area contributed by atoms with Crippen LogP contribution in [0, 0.1) is 5.92 Å². The molecule has 0 aromatic heterocycles. The van der Waals surface area contributed by atoms with Gasteiger partial charge in [0.25, 0.3) is 0 Å². The van der Waals surface area contributed by atoms with Crippen molar-refractivity contribution >= 4 is 5.97 Å². The molecule has 96 valence electrons. The van der Waals surface area contributed by atoms with Gasteiger partial charge < -0.3 is 9.64 Å². The summed E-state index contributed by atoms with van der Waals surface area (Å²) in [6, 6.07) is 0. The number of likely N-dealkylation sites (tertiary alicyclic amines) is 1. The maximum atomic E-state index is 11.3. The minimum Gasteiger partial charge on any atom is -0.466 e. The van der Waals surface area contributed by atoms with Crippen LogP contribution >= 0.6 is 0 Å². The third kappa shape index (κ3) is 6.83. The molecule has 1 aliphatic heterocycles. The van der Waals surface area contributed by atoms with Gasteiger partial charge in [0.05, 0.1) is 12.5 Å². The van der Waals surface area contributed by atoms with Gasteiger partial charge in [-0.25, -0.2) is 0 Å². The Hall–Kier alpha value is -0.570. The number of nitrogens with zero attached hydrogens (tertiary/aromatic N) is 1. The Morgan fingerprint density at radius 3 is 2.38 bits per heavy atom. The van der Waals surface area contributed by atoms with Crippen LogP contribution in [0.3, 0.4) is 0 Å². The number of hydrogen-bond acceptors (Lipinski definition) is 3. The predicted octanol–water partition coefficient (Wildman–Crippen LogP) is 2.70. The molecular formula is C13H27NO2. The standard InChI is InChI=1S/C9H17NO2.C4H10/c1-3-12-9(11)8-5-4-6-10(2)7-8;1-3-4-2/h8H,3-7H2,1-2H3;3-4H2,1-2H3. The van der Waals surface area contributed by atoms with E-state index in [0.29, 0.717) is 6.61 Å². The van der Waals surface area contributed by atoms with Crippen LogP contribution in [0.2, 0.25) is 0 Å². The zero-order valence-corrected chi connectivity index (χ0v) is 11.3. The molecule has 0 aromatic rings. The van der Waals surface area contributed by atoms with Crippen LogP contribution in [0.5, 0.6) is 0 Å². The number of hydrogen-bond donors (Lipinski definition) is 0. The van der Waals surface area contributed by atoms with E-state index >= 15 is 0 Å². The average Bonchev–Trinajstić information content (AvgIpc) is 2.30. The van der Waals surface area contributed by atoms with Gasteiger partial charge in [-0.1, -0.05) is 26.7 Å². The largest absolute Gasteiger partial charge is 0.466 e. The number of rotatable bonds is 3. The van der Waals surface area contributed by atoms with Crippen molar-refractivity contribution in [2.24, 2.45) is 5.92 Å². The van der Waals surface area contributed by atoms with Crippen molar-refractivity contribution in [3.8, 4) is 0 Å². The summed E-state index contributed by atoms with van der Waals surface area (Å²) in [5.41, 5.74) is 0. The summed E-state index contributed by atoms with van der Waals surface area (Å²) in [4.78, 5) is 13.5. The second-order valence-corrected chi connectivity index (χ2v) is 4.35. The number of carbonyl (C=O) groups excluding carboxylic acids is 1. The molecule has 16 heavy (non-hydrogen) atoms. The van der Waals surface area contributed by atoms with Crippen molar-refractivity contribution in [1.29, 1.82) is 0 Å². The zero-order chi connectivity index (χ0) is 12.4. The van der Waals surface area contributed by atoms with Gasteiger partial charge in [-0.15, -0.1) is 0 Å². The number of carbonyl (C=O) groups is 1. The molecule has 0 aliphatic carbocycles. The van der Waals surface area contributed by atoms with Crippen LogP contribution < -0.4 is 0 Å². The van der Waals surface area contributed by atoms with E-state index < -0.39 is 0 Å². The Kier molecular flexibility index (Phi) is 9.30. The monoisotopic (exact) mass is 229 g/mol. The summed E-state index contributed by atoms with van der Waals surface area (Å²) in [5.74, 6) is 0.0905. The molecule has 1 unspecified atom stereocenters. The highest BCUT2D eigenvalue weighted by Crippen LogP contribution is 2.16. The molecular weight excluding hydrogens is 202 g/mol. The first kappa shape index (κ1) is 15.4. The number of piperidine rings is 1. The second kappa shape index (κ2) is 9.64. The van der Waals surface area contributed by atoms with E-state index in [9.17, 15) is 4.79 Å². The molecule has 0 bridgehead atoms. The highest BCUT2D eigenvalue weighted by Gasteiger charge is 2.24. The van der Waals surface area contributed by atoms with Gasteiger partial charge in [-0.3, -0.25) is 4.79 Å². The SMILES string of the molecule is CCCC.CCOC(=O)C1CCCN(C)C1. The molecule has 3 nitrogen and oxygen atoms in total. The zero-order valence-electron chi connectivity index (χ0n) is 11.3. The summed E-state index contributed by atoms with van der Waals surface area (Å²) in [7, 11) is 2.05. The molecule has 1 fully saturated rings. The fraction of sp³-hybridized carbons (Fsp3) is 0.923. The fourth-order valence-electron chi connectivity index (χ4n) is 1.62. The molecule has 1 aliphatic rings. The van der Waals surface area contributed by atoms with E-state index in [1.54, 1.807) is 0 Å². The van der Waals surface area contributed by atoms with Crippen molar-refractivity contribution in [2.45, 2.75) is 46.5 Å². The summed E-state index contributed by atoms with van der Waals surface area (Å²) in [6.07, 6.45) is 4.74. The predicted molar refractivity (Wildman–Crippen MR) is 67.4 cm³/mol. The lowest BCUT2D eigenvalue weighted by molar-refractivity contribution is -0.149. The van der Waals surface area contributed by atoms with E-state index in [4.69, 9.17) is 4.74 Å². The van der Waals surface area contributed by atoms with Gasteiger partial charge >= 0.3 is 5.97 Å². The maximum Gasteiger partial charge on any atom is 0.310 e. The van der Waals surface area contributed by atoms with E-state index in [-0.39, 0.29) is 11.9 Å². The summed E-state index contributed by atoms with van der Waals surface area (Å²) >= 11 is 0. The highest BCUT2D eigenvalue weighted by molar-refractivity contribution is 5.72. The third-order valence-corrected chi connectivity index (χ3v) is 2.74. The molecule has 0 spiro atoms. The van der Waals surface area contributed by atoms with Crippen LogP contribution in [0.4, 0.5) is 0 Å². The van der Waals surface area contributed by atoms with Crippen LogP contribution in [-0.4, -0.2) is 37.6 Å². The summed E-state index contributed by atoms with van der Waals surface area (Å²) < 4.78 is 4.96. The first-order valence-electron chi connectivity index (χ1n) is 6.50. The van der Waals surface area contributed by atoms with Crippen LogP contribution in [0.15, 0.2) is 0 Å². The van der Waals surface area contributed by atoms with Crippen LogP contribution in [0.1, 0.15) is 46.5 Å². The van der Waals surface area contributed by atoms with Crippen LogP contribution in [0.25, 0.3) is 0 Å². The molecule has 0 amide bonds. The Balaban J connectivity index is 0.000000487. The Labute approximate surface area is 100 Å². The molecule has 0 aromatic carbocycles. The second-order valence-electron chi connectivity index (χ2n) is 4.35. The van der Waals surface area contributed by atoms with E-state index in [2.05, 4.69) is 18.7 Å². The van der Waals surface area contributed by atoms with Gasteiger partial charge in [0.15, 0.2) is 0 Å². The Bertz CT molecular complexity index is 181. The molecule has 1 atom stereocenters. The minimum atomic E-state index is -0.0240. The topological polar surface area (TPSA) is 29.5 Å².